The van der Waals surface area contributed by atoms with Crippen molar-refractivity contribution in [3.05, 3.63) is 77.9 Å². The summed E-state index contributed by atoms with van der Waals surface area (Å²) in [7, 11) is 1.62. The number of nitrogens with one attached hydrogen (secondary N) is 1. The lowest BCUT2D eigenvalue weighted by atomic mass is 10.2. The van der Waals surface area contributed by atoms with Crippen LogP contribution in [0, 0.1) is 11.3 Å². The van der Waals surface area contributed by atoms with Crippen LogP contribution < -0.4 is 10.2 Å². The SMILES string of the molecule is CN(C(=O)CC#N)c1ccc2c(c1)nc(NC(=O)c1ccc(-c3cnco3)s1)n2CCc1ccccn1. The highest BCUT2D eigenvalue weighted by atomic mass is 32.1. The topological polar surface area (TPSA) is 130 Å². The van der Waals surface area contributed by atoms with E-state index in [4.69, 9.17) is 9.68 Å². The van der Waals surface area contributed by atoms with Gasteiger partial charge in [-0.25, -0.2) is 9.97 Å². The fourth-order valence-electron chi connectivity index (χ4n) is 3.84. The lowest BCUT2D eigenvalue weighted by Crippen LogP contribution is -2.25. The van der Waals surface area contributed by atoms with E-state index in [9.17, 15) is 9.59 Å². The maximum Gasteiger partial charge on any atom is 0.268 e. The number of amides is 2. The molecular formula is C26H21N7O3S. The number of nitriles is 1. The minimum absolute atomic E-state index is 0.217. The predicted octanol–water partition coefficient (Wildman–Crippen LogP) is 4.52. The molecule has 10 nitrogen and oxygen atoms in total. The first-order valence-corrected chi connectivity index (χ1v) is 12.2. The predicted molar refractivity (Wildman–Crippen MR) is 139 cm³/mol. The minimum atomic E-state index is -0.315. The van der Waals surface area contributed by atoms with Crippen LogP contribution in [0.1, 0.15) is 21.8 Å². The number of carbonyl (C=O) groups is 2. The van der Waals surface area contributed by atoms with Gasteiger partial charge in [0, 0.05) is 37.6 Å². The van der Waals surface area contributed by atoms with Crippen molar-refractivity contribution in [1.29, 1.82) is 5.26 Å². The van der Waals surface area contributed by atoms with Crippen molar-refractivity contribution in [2.45, 2.75) is 19.4 Å². The second kappa shape index (κ2) is 10.4. The van der Waals surface area contributed by atoms with Crippen molar-refractivity contribution < 1.29 is 14.0 Å². The molecule has 4 aromatic heterocycles. The zero-order valence-electron chi connectivity index (χ0n) is 19.8. The number of hydrogen-bond acceptors (Lipinski definition) is 8. The summed E-state index contributed by atoms with van der Waals surface area (Å²) in [6.45, 7) is 0.527. The third-order valence-electron chi connectivity index (χ3n) is 5.77. The first kappa shape index (κ1) is 23.9. The van der Waals surface area contributed by atoms with Gasteiger partial charge in [0.25, 0.3) is 5.91 Å². The van der Waals surface area contributed by atoms with E-state index in [1.54, 1.807) is 37.6 Å². The van der Waals surface area contributed by atoms with Crippen LogP contribution in [0.2, 0.25) is 0 Å². The highest BCUT2D eigenvalue weighted by Crippen LogP contribution is 2.29. The number of benzene rings is 1. The van der Waals surface area contributed by atoms with Gasteiger partial charge in [-0.05, 0) is 42.5 Å². The van der Waals surface area contributed by atoms with E-state index in [1.165, 1.54) is 22.6 Å². The molecule has 37 heavy (non-hydrogen) atoms. The number of fused-ring (bicyclic) bond motifs is 1. The molecule has 0 aliphatic rings. The highest BCUT2D eigenvalue weighted by molar-refractivity contribution is 7.17. The molecule has 184 valence electrons. The maximum absolute atomic E-state index is 13.1. The number of oxazole rings is 1. The Morgan fingerprint density at radius 2 is 2.11 bits per heavy atom. The highest BCUT2D eigenvalue weighted by Gasteiger charge is 2.19. The molecule has 0 aliphatic carbocycles. The Bertz CT molecular complexity index is 1600. The van der Waals surface area contributed by atoms with Gasteiger partial charge in [0.15, 0.2) is 12.2 Å². The van der Waals surface area contributed by atoms with E-state index >= 15 is 0 Å². The Hall–Kier alpha value is -4.82. The number of anilines is 2. The van der Waals surface area contributed by atoms with E-state index in [1.807, 2.05) is 41.0 Å². The van der Waals surface area contributed by atoms with Gasteiger partial charge in [-0.1, -0.05) is 6.07 Å². The normalized spacial score (nSPS) is 10.8. The number of rotatable bonds is 8. The van der Waals surface area contributed by atoms with Gasteiger partial charge < -0.3 is 13.9 Å². The van der Waals surface area contributed by atoms with Crippen LogP contribution in [0.25, 0.3) is 21.7 Å². The largest absolute Gasteiger partial charge is 0.443 e. The van der Waals surface area contributed by atoms with Crippen molar-refractivity contribution in [2.75, 3.05) is 17.3 Å². The average Bonchev–Trinajstić information content (AvgIpc) is 3.67. The summed E-state index contributed by atoms with van der Waals surface area (Å²) in [5, 5.41) is 11.8. The number of pyridine rings is 1. The minimum Gasteiger partial charge on any atom is -0.443 e. The molecule has 0 saturated heterocycles. The van der Waals surface area contributed by atoms with Crippen LogP contribution in [0.4, 0.5) is 11.6 Å². The molecule has 5 aromatic rings. The lowest BCUT2D eigenvalue weighted by Gasteiger charge is -2.15. The monoisotopic (exact) mass is 511 g/mol. The molecule has 0 aliphatic heterocycles. The summed E-state index contributed by atoms with van der Waals surface area (Å²) in [6, 6.07) is 16.6. The average molecular weight is 512 g/mol. The second-order valence-corrected chi connectivity index (χ2v) is 9.19. The van der Waals surface area contributed by atoms with E-state index in [0.29, 0.717) is 40.8 Å². The summed E-state index contributed by atoms with van der Waals surface area (Å²) in [4.78, 5) is 41.1. The van der Waals surface area contributed by atoms with Gasteiger partial charge >= 0.3 is 0 Å². The third kappa shape index (κ3) is 5.10. The first-order valence-electron chi connectivity index (χ1n) is 11.4. The molecule has 5 rings (SSSR count). The fraction of sp³-hybridized carbons (Fsp3) is 0.154. The number of nitrogens with zero attached hydrogens (tertiary/aromatic N) is 6. The first-order chi connectivity index (χ1) is 18.0. The van der Waals surface area contributed by atoms with E-state index < -0.39 is 0 Å². The third-order valence-corrected chi connectivity index (χ3v) is 6.87. The Kier molecular flexibility index (Phi) is 6.74. The van der Waals surface area contributed by atoms with Crippen molar-refractivity contribution in [2.24, 2.45) is 0 Å². The molecule has 0 radical (unpaired) electrons. The van der Waals surface area contributed by atoms with Crippen LogP contribution in [-0.2, 0) is 17.8 Å². The number of hydrogen-bond donors (Lipinski definition) is 1. The van der Waals surface area contributed by atoms with Crippen LogP contribution in [0.3, 0.4) is 0 Å². The summed E-state index contributed by atoms with van der Waals surface area (Å²) < 4.78 is 7.25. The van der Waals surface area contributed by atoms with Gasteiger partial charge in [-0.2, -0.15) is 5.26 Å². The Labute approximate surface area is 215 Å². The zero-order valence-corrected chi connectivity index (χ0v) is 20.6. The number of carbonyl (C=O) groups excluding carboxylic acids is 2. The number of imidazole rings is 1. The maximum atomic E-state index is 13.1. The Balaban J connectivity index is 1.46. The molecular weight excluding hydrogens is 490 g/mol. The molecule has 0 atom stereocenters. The Morgan fingerprint density at radius 1 is 1.22 bits per heavy atom. The van der Waals surface area contributed by atoms with Crippen LogP contribution in [-0.4, -0.2) is 38.4 Å². The Morgan fingerprint density at radius 3 is 2.86 bits per heavy atom. The summed E-state index contributed by atoms with van der Waals surface area (Å²) in [6.07, 6.45) is 5.10. The van der Waals surface area contributed by atoms with Gasteiger partial charge in [-0.15, -0.1) is 11.3 Å². The molecule has 0 unspecified atom stereocenters. The van der Waals surface area contributed by atoms with Gasteiger partial charge in [0.05, 0.1) is 33.1 Å². The molecule has 0 fully saturated rings. The molecule has 1 N–H and O–H groups in total. The van der Waals surface area contributed by atoms with Gasteiger partial charge in [0.2, 0.25) is 11.9 Å². The number of aromatic nitrogens is 4. The van der Waals surface area contributed by atoms with Crippen molar-refractivity contribution >= 4 is 45.8 Å². The number of thiophene rings is 1. The summed E-state index contributed by atoms with van der Waals surface area (Å²) in [5.41, 5.74) is 2.92. The smallest absolute Gasteiger partial charge is 0.268 e. The fourth-order valence-corrected chi connectivity index (χ4v) is 4.70. The van der Waals surface area contributed by atoms with Crippen molar-refractivity contribution in [3.8, 4) is 16.7 Å². The van der Waals surface area contributed by atoms with Crippen LogP contribution in [0.5, 0.6) is 0 Å². The quantitative estimate of drug-likeness (QED) is 0.324. The van der Waals surface area contributed by atoms with Crippen LogP contribution >= 0.6 is 11.3 Å². The molecule has 11 heteroatoms. The van der Waals surface area contributed by atoms with E-state index in [2.05, 4.69) is 20.3 Å². The molecule has 4 heterocycles. The zero-order chi connectivity index (χ0) is 25.8. The van der Waals surface area contributed by atoms with Gasteiger partial charge in [-0.3, -0.25) is 19.9 Å². The molecule has 1 aromatic carbocycles. The molecule has 0 bridgehead atoms. The van der Waals surface area contributed by atoms with Crippen LogP contribution in [0.15, 0.2) is 71.7 Å². The standard InChI is InChI=1S/C26H21N7O3S/c1-32(24(34)9-11-27)18-5-6-20-19(14-18)30-26(33(20)13-10-17-4-2-3-12-29-17)31-25(35)23-8-7-22(37-23)21-15-28-16-36-21/h2-8,12,14-16H,9-10,13H2,1H3,(H,30,31,35). The van der Waals surface area contributed by atoms with E-state index in [0.717, 1.165) is 16.1 Å². The lowest BCUT2D eigenvalue weighted by molar-refractivity contribution is -0.117. The van der Waals surface area contributed by atoms with Gasteiger partial charge in [0.1, 0.15) is 6.42 Å². The van der Waals surface area contributed by atoms with Crippen molar-refractivity contribution in [3.63, 3.8) is 0 Å². The van der Waals surface area contributed by atoms with Crippen molar-refractivity contribution in [1.82, 2.24) is 19.5 Å². The number of aryl methyl sites for hydroxylation is 2. The molecule has 2 amide bonds. The molecule has 0 spiro atoms. The summed E-state index contributed by atoms with van der Waals surface area (Å²) >= 11 is 1.29. The second-order valence-electron chi connectivity index (χ2n) is 8.10. The summed E-state index contributed by atoms with van der Waals surface area (Å²) in [5.74, 6) is 0.361. The van der Waals surface area contributed by atoms with E-state index in [-0.39, 0.29) is 18.2 Å². The molecule has 0 saturated carbocycles.